The lowest BCUT2D eigenvalue weighted by molar-refractivity contribution is -0.143. The number of benzene rings is 1. The summed E-state index contributed by atoms with van der Waals surface area (Å²) in [6, 6.07) is 7.15. The monoisotopic (exact) mass is 257 g/mol. The van der Waals surface area contributed by atoms with E-state index in [9.17, 15) is 9.59 Å². The van der Waals surface area contributed by atoms with Crippen molar-refractivity contribution in [2.75, 3.05) is 13.1 Å². The van der Waals surface area contributed by atoms with Gasteiger partial charge in [0.25, 0.3) is 0 Å². The van der Waals surface area contributed by atoms with Gasteiger partial charge in [0.1, 0.15) is 6.04 Å². The van der Waals surface area contributed by atoms with Gasteiger partial charge >= 0.3 is 5.97 Å². The normalized spacial score (nSPS) is 36.2. The maximum absolute atomic E-state index is 12.5. The van der Waals surface area contributed by atoms with Gasteiger partial charge in [-0.25, -0.2) is 4.79 Å². The molecule has 0 unspecified atom stereocenters. The van der Waals surface area contributed by atoms with Gasteiger partial charge in [-0.2, -0.15) is 0 Å². The number of cyclic esters (lactones) is 1. The molecule has 4 nitrogen and oxygen atoms in total. The van der Waals surface area contributed by atoms with Crippen molar-refractivity contribution in [1.82, 2.24) is 4.90 Å². The lowest BCUT2D eigenvalue weighted by Crippen LogP contribution is -2.57. The van der Waals surface area contributed by atoms with Crippen LogP contribution in [0.1, 0.15) is 34.9 Å². The first-order valence-corrected chi connectivity index (χ1v) is 6.83. The van der Waals surface area contributed by atoms with E-state index in [-0.39, 0.29) is 23.7 Å². The number of fused-ring (bicyclic) bond motifs is 4. The van der Waals surface area contributed by atoms with E-state index in [0.717, 1.165) is 31.5 Å². The van der Waals surface area contributed by atoms with Crippen LogP contribution < -0.4 is 0 Å². The predicted octanol–water partition coefficient (Wildman–Crippen LogP) is 1.56. The summed E-state index contributed by atoms with van der Waals surface area (Å²) in [5.41, 5.74) is 1.49. The van der Waals surface area contributed by atoms with Crippen molar-refractivity contribution < 1.29 is 14.3 Å². The Bertz CT molecular complexity index is 560. The molecule has 1 aromatic rings. The summed E-state index contributed by atoms with van der Waals surface area (Å²) in [5.74, 6) is 0.129. The van der Waals surface area contributed by atoms with Crippen molar-refractivity contribution >= 4 is 11.8 Å². The van der Waals surface area contributed by atoms with Gasteiger partial charge < -0.3 is 4.74 Å². The second-order valence-corrected chi connectivity index (χ2v) is 5.57. The van der Waals surface area contributed by atoms with Crippen molar-refractivity contribution in [2.45, 2.75) is 25.0 Å². The molecule has 3 fully saturated rings. The molecule has 4 heterocycles. The van der Waals surface area contributed by atoms with E-state index in [1.165, 1.54) is 0 Å². The number of ether oxygens (including phenoxy) is 1. The maximum Gasteiger partial charge on any atom is 0.339 e. The average Bonchev–Trinajstić information content (AvgIpc) is 2.78. The average molecular weight is 257 g/mol. The summed E-state index contributed by atoms with van der Waals surface area (Å²) in [7, 11) is 0. The fraction of sp³-hybridized carbons (Fsp3) is 0.467. The number of ketones is 1. The molecule has 0 spiro atoms. The minimum atomic E-state index is -0.403. The van der Waals surface area contributed by atoms with Crippen LogP contribution in [0.15, 0.2) is 24.3 Å². The molecule has 4 aliphatic heterocycles. The highest BCUT2D eigenvalue weighted by Gasteiger charge is 2.49. The van der Waals surface area contributed by atoms with Crippen LogP contribution in [-0.2, 0) is 9.53 Å². The number of rotatable bonds is 1. The number of hydrogen-bond acceptors (Lipinski definition) is 4. The molecule has 5 rings (SSSR count). The molecule has 4 aliphatic rings. The molecule has 19 heavy (non-hydrogen) atoms. The van der Waals surface area contributed by atoms with E-state index in [2.05, 4.69) is 4.90 Å². The Morgan fingerprint density at radius 2 is 1.84 bits per heavy atom. The topological polar surface area (TPSA) is 46.6 Å². The highest BCUT2D eigenvalue weighted by atomic mass is 16.6. The minimum Gasteiger partial charge on any atom is -0.452 e. The van der Waals surface area contributed by atoms with Crippen LogP contribution in [0.2, 0.25) is 0 Å². The Kier molecular flexibility index (Phi) is 2.30. The molecule has 3 saturated heterocycles. The third-order valence-corrected chi connectivity index (χ3v) is 4.62. The van der Waals surface area contributed by atoms with E-state index in [1.807, 2.05) is 18.2 Å². The molecule has 0 aromatic heterocycles. The number of Topliss-reactive ketones (excluding diaryl/α,β-unsaturated/α-hetero) is 1. The molecular formula is C15H15NO3. The Hall–Kier alpha value is -1.68. The highest BCUT2D eigenvalue weighted by Crippen LogP contribution is 2.41. The van der Waals surface area contributed by atoms with Crippen LogP contribution in [0.5, 0.6) is 0 Å². The lowest BCUT2D eigenvalue weighted by Gasteiger charge is -2.45. The van der Waals surface area contributed by atoms with E-state index in [0.29, 0.717) is 5.56 Å². The van der Waals surface area contributed by atoms with E-state index in [4.69, 9.17) is 4.74 Å². The first kappa shape index (κ1) is 11.2. The molecule has 1 aromatic carbocycles. The fourth-order valence-electron chi connectivity index (χ4n) is 3.63. The standard InChI is InChI=1S/C15H15NO3/c17-13-9-5-7-16(8-6-9)12(13)14-10-3-1-2-4-11(10)15(18)19-14/h1-4,9,12,14H,5-8H2/t12-,14-/m1/s1. The number of carbonyl (C=O) groups excluding carboxylic acids is 2. The van der Waals surface area contributed by atoms with Crippen LogP contribution >= 0.6 is 0 Å². The van der Waals surface area contributed by atoms with Gasteiger partial charge in [0.05, 0.1) is 5.56 Å². The summed E-state index contributed by atoms with van der Waals surface area (Å²) in [5, 5.41) is 0. The van der Waals surface area contributed by atoms with Crippen LogP contribution in [0.3, 0.4) is 0 Å². The number of carbonyl (C=O) groups is 2. The molecule has 0 amide bonds. The summed E-state index contributed by atoms with van der Waals surface area (Å²) >= 11 is 0. The smallest absolute Gasteiger partial charge is 0.339 e. The molecule has 4 heteroatoms. The zero-order valence-electron chi connectivity index (χ0n) is 10.5. The zero-order valence-corrected chi connectivity index (χ0v) is 10.5. The summed E-state index contributed by atoms with van der Waals surface area (Å²) < 4.78 is 5.49. The molecular weight excluding hydrogens is 242 g/mol. The third-order valence-electron chi connectivity index (χ3n) is 4.62. The molecule has 0 radical (unpaired) electrons. The van der Waals surface area contributed by atoms with Crippen LogP contribution in [-0.4, -0.2) is 35.8 Å². The van der Waals surface area contributed by atoms with Gasteiger partial charge in [0, 0.05) is 11.5 Å². The van der Waals surface area contributed by atoms with Crippen molar-refractivity contribution in [1.29, 1.82) is 0 Å². The van der Waals surface area contributed by atoms with Gasteiger partial charge in [-0.3, -0.25) is 9.69 Å². The van der Waals surface area contributed by atoms with Crippen LogP contribution in [0.25, 0.3) is 0 Å². The molecule has 0 aliphatic carbocycles. The molecule has 2 atom stereocenters. The Morgan fingerprint density at radius 3 is 2.58 bits per heavy atom. The fourth-order valence-corrected chi connectivity index (χ4v) is 3.63. The summed E-state index contributed by atoms with van der Waals surface area (Å²) in [6.07, 6.45) is 1.51. The van der Waals surface area contributed by atoms with E-state index < -0.39 is 6.10 Å². The first-order chi connectivity index (χ1) is 9.25. The number of hydrogen-bond donors (Lipinski definition) is 0. The van der Waals surface area contributed by atoms with Crippen LogP contribution in [0.4, 0.5) is 0 Å². The van der Waals surface area contributed by atoms with Crippen molar-refractivity contribution in [3.05, 3.63) is 35.4 Å². The molecule has 98 valence electrons. The maximum atomic E-state index is 12.5. The Balaban J connectivity index is 1.74. The Labute approximate surface area is 111 Å². The summed E-state index contributed by atoms with van der Waals surface area (Å²) in [6.45, 7) is 1.88. The largest absolute Gasteiger partial charge is 0.452 e. The number of nitrogens with zero attached hydrogens (tertiary/aromatic N) is 1. The SMILES string of the molecule is O=C1O[C@@H]([C@H]2C(=O)C3CCN2CC3)c2ccccc21. The zero-order chi connectivity index (χ0) is 13.0. The van der Waals surface area contributed by atoms with Crippen molar-refractivity contribution in [2.24, 2.45) is 5.92 Å². The summed E-state index contributed by atoms with van der Waals surface area (Å²) in [4.78, 5) is 26.5. The van der Waals surface area contributed by atoms with Crippen LogP contribution in [0, 0.1) is 5.92 Å². The number of esters is 1. The van der Waals surface area contributed by atoms with E-state index in [1.54, 1.807) is 6.07 Å². The minimum absolute atomic E-state index is 0.168. The molecule has 0 saturated carbocycles. The second-order valence-electron chi connectivity index (χ2n) is 5.57. The second kappa shape index (κ2) is 3.90. The van der Waals surface area contributed by atoms with E-state index >= 15 is 0 Å². The highest BCUT2D eigenvalue weighted by molar-refractivity contribution is 5.96. The predicted molar refractivity (Wildman–Crippen MR) is 67.7 cm³/mol. The van der Waals surface area contributed by atoms with Gasteiger partial charge in [0.2, 0.25) is 0 Å². The van der Waals surface area contributed by atoms with Gasteiger partial charge in [-0.1, -0.05) is 18.2 Å². The Morgan fingerprint density at radius 1 is 1.11 bits per heavy atom. The molecule has 0 N–H and O–H groups in total. The quantitative estimate of drug-likeness (QED) is 0.716. The van der Waals surface area contributed by atoms with Crippen molar-refractivity contribution in [3.63, 3.8) is 0 Å². The van der Waals surface area contributed by atoms with Gasteiger partial charge in [-0.05, 0) is 32.0 Å². The molecule has 2 bridgehead atoms. The lowest BCUT2D eigenvalue weighted by atomic mass is 9.79. The van der Waals surface area contributed by atoms with Crippen molar-refractivity contribution in [3.8, 4) is 0 Å². The number of piperidine rings is 3. The first-order valence-electron chi connectivity index (χ1n) is 6.83. The third kappa shape index (κ3) is 1.49. The van der Waals surface area contributed by atoms with Gasteiger partial charge in [-0.15, -0.1) is 0 Å². The van der Waals surface area contributed by atoms with Gasteiger partial charge in [0.15, 0.2) is 11.9 Å².